The van der Waals surface area contributed by atoms with Crippen molar-refractivity contribution in [2.24, 2.45) is 0 Å². The number of halogens is 3. The smallest absolute Gasteiger partial charge is 0.363 e. The molecule has 0 bridgehead atoms. The van der Waals surface area contributed by atoms with Gasteiger partial charge in [-0.3, -0.25) is 15.0 Å². The highest BCUT2D eigenvalue weighted by Gasteiger charge is 2.34. The van der Waals surface area contributed by atoms with E-state index in [4.69, 9.17) is 5.26 Å². The van der Waals surface area contributed by atoms with Gasteiger partial charge in [0, 0.05) is 38.8 Å². The lowest BCUT2D eigenvalue weighted by Crippen LogP contribution is -2.46. The highest BCUT2D eigenvalue weighted by Crippen LogP contribution is 2.36. The standard InChI is InChI=1S/C19H17F3N4O2/c20-19(21,22)16-4-5-17(18(11-16)26(27)28)25-8-6-24(7-9-25)13-15-3-1-2-14(10-15)12-23/h1-5,10-11H,6-9,13H2. The van der Waals surface area contributed by atoms with Crippen molar-refractivity contribution >= 4 is 11.4 Å². The minimum Gasteiger partial charge on any atom is -0.363 e. The lowest BCUT2D eigenvalue weighted by atomic mass is 10.1. The minimum atomic E-state index is -4.63. The van der Waals surface area contributed by atoms with Gasteiger partial charge >= 0.3 is 6.18 Å². The molecule has 6 nitrogen and oxygen atoms in total. The SMILES string of the molecule is N#Cc1cccc(CN2CCN(c3ccc(C(F)(F)F)cc3[N+](=O)[O-])CC2)c1. The molecule has 2 aromatic carbocycles. The topological polar surface area (TPSA) is 73.4 Å². The monoisotopic (exact) mass is 390 g/mol. The normalized spacial score (nSPS) is 15.3. The Balaban J connectivity index is 1.71. The summed E-state index contributed by atoms with van der Waals surface area (Å²) >= 11 is 0. The Hall–Kier alpha value is -3.12. The zero-order chi connectivity index (χ0) is 20.3. The minimum absolute atomic E-state index is 0.198. The lowest BCUT2D eigenvalue weighted by Gasteiger charge is -2.36. The fourth-order valence-electron chi connectivity index (χ4n) is 3.26. The first-order chi connectivity index (χ1) is 13.3. The van der Waals surface area contributed by atoms with Gasteiger partial charge in [0.2, 0.25) is 0 Å². The maximum absolute atomic E-state index is 12.9. The number of alkyl halides is 3. The summed E-state index contributed by atoms with van der Waals surface area (Å²) in [6, 6.07) is 12.0. The van der Waals surface area contributed by atoms with Crippen LogP contribution in [0.4, 0.5) is 24.5 Å². The third kappa shape index (κ3) is 4.40. The molecule has 0 radical (unpaired) electrons. The highest BCUT2D eigenvalue weighted by atomic mass is 19.4. The average Bonchev–Trinajstić information content (AvgIpc) is 2.67. The predicted octanol–water partition coefficient (Wildman–Crippen LogP) is 3.81. The summed E-state index contributed by atoms with van der Waals surface area (Å²) in [6.07, 6.45) is -4.63. The molecule has 0 atom stereocenters. The number of piperazine rings is 1. The Labute approximate surface area is 159 Å². The van der Waals surface area contributed by atoms with Crippen LogP contribution in [0.15, 0.2) is 42.5 Å². The maximum atomic E-state index is 12.9. The van der Waals surface area contributed by atoms with Crippen molar-refractivity contribution in [1.82, 2.24) is 4.90 Å². The summed E-state index contributed by atoms with van der Waals surface area (Å²) in [5.74, 6) is 0. The van der Waals surface area contributed by atoms with Crippen LogP contribution in [-0.2, 0) is 12.7 Å². The third-order valence-electron chi connectivity index (χ3n) is 4.67. The van der Waals surface area contributed by atoms with Crippen LogP contribution < -0.4 is 4.90 Å². The van der Waals surface area contributed by atoms with E-state index in [2.05, 4.69) is 11.0 Å². The summed E-state index contributed by atoms with van der Waals surface area (Å²) in [6.45, 7) is 2.77. The van der Waals surface area contributed by atoms with Gasteiger partial charge in [0.1, 0.15) is 5.69 Å². The first kappa shape index (κ1) is 19.6. The Morgan fingerprint density at radius 1 is 1.11 bits per heavy atom. The zero-order valence-electron chi connectivity index (χ0n) is 14.8. The van der Waals surface area contributed by atoms with E-state index in [1.54, 1.807) is 11.0 Å². The van der Waals surface area contributed by atoms with Crippen molar-refractivity contribution in [2.45, 2.75) is 12.7 Å². The molecule has 146 valence electrons. The van der Waals surface area contributed by atoms with Crippen molar-refractivity contribution in [3.8, 4) is 6.07 Å². The van der Waals surface area contributed by atoms with E-state index >= 15 is 0 Å². The van der Waals surface area contributed by atoms with Crippen LogP contribution >= 0.6 is 0 Å². The van der Waals surface area contributed by atoms with Gasteiger partial charge in [-0.25, -0.2) is 0 Å². The maximum Gasteiger partial charge on any atom is 0.416 e. The van der Waals surface area contributed by atoms with E-state index in [9.17, 15) is 23.3 Å². The van der Waals surface area contributed by atoms with Crippen molar-refractivity contribution in [2.75, 3.05) is 31.1 Å². The van der Waals surface area contributed by atoms with Crippen LogP contribution in [0.25, 0.3) is 0 Å². The molecule has 0 aromatic heterocycles. The molecule has 1 aliphatic heterocycles. The van der Waals surface area contributed by atoms with Gasteiger partial charge in [0.05, 0.1) is 22.1 Å². The number of benzene rings is 2. The number of hydrogen-bond donors (Lipinski definition) is 0. The molecule has 0 unspecified atom stereocenters. The summed E-state index contributed by atoms with van der Waals surface area (Å²) in [4.78, 5) is 14.4. The molecule has 2 aromatic rings. The summed E-state index contributed by atoms with van der Waals surface area (Å²) in [5, 5.41) is 20.3. The Morgan fingerprint density at radius 3 is 2.43 bits per heavy atom. The van der Waals surface area contributed by atoms with E-state index in [-0.39, 0.29) is 5.69 Å². The lowest BCUT2D eigenvalue weighted by molar-refractivity contribution is -0.384. The fraction of sp³-hybridized carbons (Fsp3) is 0.316. The Morgan fingerprint density at radius 2 is 1.82 bits per heavy atom. The number of nitriles is 1. The van der Waals surface area contributed by atoms with Gasteiger partial charge in [-0.05, 0) is 29.8 Å². The molecule has 3 rings (SSSR count). The van der Waals surface area contributed by atoms with Crippen molar-refractivity contribution in [3.63, 3.8) is 0 Å². The molecule has 1 heterocycles. The number of hydrogen-bond acceptors (Lipinski definition) is 5. The molecular formula is C19H17F3N4O2. The molecule has 28 heavy (non-hydrogen) atoms. The zero-order valence-corrected chi connectivity index (χ0v) is 14.8. The molecule has 1 saturated heterocycles. The molecule has 0 aliphatic carbocycles. The molecular weight excluding hydrogens is 373 g/mol. The molecule has 0 saturated carbocycles. The molecule has 0 N–H and O–H groups in total. The molecule has 0 amide bonds. The first-order valence-corrected chi connectivity index (χ1v) is 8.60. The summed E-state index contributed by atoms with van der Waals surface area (Å²) < 4.78 is 38.6. The molecule has 0 spiro atoms. The van der Waals surface area contributed by atoms with Crippen LogP contribution in [0.2, 0.25) is 0 Å². The Bertz CT molecular complexity index is 916. The fourth-order valence-corrected chi connectivity index (χ4v) is 3.26. The highest BCUT2D eigenvalue weighted by molar-refractivity contribution is 5.65. The summed E-state index contributed by atoms with van der Waals surface area (Å²) in [5.41, 5.74) is 0.206. The van der Waals surface area contributed by atoms with Gasteiger partial charge in [-0.15, -0.1) is 0 Å². The predicted molar refractivity (Wildman–Crippen MR) is 96.7 cm³/mol. The molecule has 1 aliphatic rings. The van der Waals surface area contributed by atoms with Crippen LogP contribution in [0.1, 0.15) is 16.7 Å². The number of nitro groups is 1. The van der Waals surface area contributed by atoms with Crippen LogP contribution in [0.3, 0.4) is 0 Å². The first-order valence-electron chi connectivity index (χ1n) is 8.60. The number of nitro benzene ring substituents is 1. The second kappa shape index (κ2) is 7.86. The average molecular weight is 390 g/mol. The molecule has 9 heteroatoms. The van der Waals surface area contributed by atoms with Crippen molar-refractivity contribution in [3.05, 3.63) is 69.3 Å². The Kier molecular flexibility index (Phi) is 5.51. The van der Waals surface area contributed by atoms with Crippen LogP contribution in [0, 0.1) is 21.4 Å². The van der Waals surface area contributed by atoms with E-state index < -0.39 is 22.4 Å². The van der Waals surface area contributed by atoms with E-state index in [1.165, 1.54) is 6.07 Å². The van der Waals surface area contributed by atoms with Gasteiger partial charge in [-0.1, -0.05) is 12.1 Å². The second-order valence-electron chi connectivity index (χ2n) is 6.53. The molecule has 1 fully saturated rings. The van der Waals surface area contributed by atoms with Crippen LogP contribution in [0.5, 0.6) is 0 Å². The van der Waals surface area contributed by atoms with Crippen molar-refractivity contribution < 1.29 is 18.1 Å². The van der Waals surface area contributed by atoms with E-state index in [1.807, 2.05) is 18.2 Å². The number of anilines is 1. The number of nitrogens with zero attached hydrogens (tertiary/aromatic N) is 4. The van der Waals surface area contributed by atoms with Gasteiger partial charge in [-0.2, -0.15) is 18.4 Å². The largest absolute Gasteiger partial charge is 0.416 e. The van der Waals surface area contributed by atoms with Gasteiger partial charge in [0.15, 0.2) is 0 Å². The van der Waals surface area contributed by atoms with Crippen LogP contribution in [-0.4, -0.2) is 36.0 Å². The van der Waals surface area contributed by atoms with Gasteiger partial charge < -0.3 is 4.90 Å². The van der Waals surface area contributed by atoms with E-state index in [0.717, 1.165) is 11.6 Å². The van der Waals surface area contributed by atoms with Gasteiger partial charge in [0.25, 0.3) is 5.69 Å². The quantitative estimate of drug-likeness (QED) is 0.586. The van der Waals surface area contributed by atoms with E-state index in [0.29, 0.717) is 44.4 Å². The van der Waals surface area contributed by atoms with Crippen molar-refractivity contribution in [1.29, 1.82) is 5.26 Å². The third-order valence-corrected chi connectivity index (χ3v) is 4.67. The second-order valence-corrected chi connectivity index (χ2v) is 6.53. The number of rotatable bonds is 4. The summed E-state index contributed by atoms with van der Waals surface area (Å²) in [7, 11) is 0.